The third-order valence-electron chi connectivity index (χ3n) is 2.14. The molecule has 0 fully saturated rings. The van der Waals surface area contributed by atoms with E-state index in [2.05, 4.69) is 32.1 Å². The Morgan fingerprint density at radius 3 is 2.87 bits per heavy atom. The highest BCUT2D eigenvalue weighted by Crippen LogP contribution is 2.18. The lowest BCUT2D eigenvalue weighted by molar-refractivity contribution is 0.601. The first-order chi connectivity index (χ1) is 7.13. The maximum Gasteiger partial charge on any atom is 0.0537 e. The molecule has 1 heterocycles. The van der Waals surface area contributed by atoms with Crippen molar-refractivity contribution < 1.29 is 0 Å². The molecule has 0 amide bonds. The molecule has 0 aliphatic rings. The molecule has 86 valence electrons. The average Bonchev–Trinajstić information content (AvgIpc) is 2.63. The summed E-state index contributed by atoms with van der Waals surface area (Å²) in [6, 6.07) is 0.114. The topological polar surface area (TPSA) is 43.8 Å². The molecule has 0 aliphatic heterocycles. The first-order valence-electron chi connectivity index (χ1n) is 5.53. The molecule has 1 aromatic heterocycles. The Kier molecular flexibility index (Phi) is 5.19. The van der Waals surface area contributed by atoms with Crippen molar-refractivity contribution in [3.8, 4) is 0 Å². The first-order valence-corrected chi connectivity index (χ1v) is 6.58. The van der Waals surface area contributed by atoms with Gasteiger partial charge >= 0.3 is 0 Å². The number of hydrogen-bond acceptors (Lipinski definition) is 3. The number of aryl methyl sites for hydroxylation is 1. The molecule has 0 bridgehead atoms. The van der Waals surface area contributed by atoms with Gasteiger partial charge in [-0.15, -0.1) is 0 Å². The lowest BCUT2D eigenvalue weighted by Crippen LogP contribution is -2.13. The van der Waals surface area contributed by atoms with Crippen LogP contribution in [-0.4, -0.2) is 20.8 Å². The van der Waals surface area contributed by atoms with Crippen LogP contribution < -0.4 is 5.73 Å². The van der Waals surface area contributed by atoms with Crippen molar-refractivity contribution in [3.63, 3.8) is 0 Å². The van der Waals surface area contributed by atoms with Crippen molar-refractivity contribution in [3.05, 3.63) is 18.0 Å². The molecule has 2 N–H and O–H groups in total. The second-order valence-electron chi connectivity index (χ2n) is 4.03. The van der Waals surface area contributed by atoms with Gasteiger partial charge in [0.2, 0.25) is 0 Å². The molecule has 15 heavy (non-hydrogen) atoms. The predicted octanol–water partition coefficient (Wildman–Crippen LogP) is 2.43. The van der Waals surface area contributed by atoms with Crippen molar-refractivity contribution in [1.82, 2.24) is 9.78 Å². The van der Waals surface area contributed by atoms with Crippen molar-refractivity contribution in [2.45, 2.75) is 45.0 Å². The van der Waals surface area contributed by atoms with E-state index in [9.17, 15) is 0 Å². The van der Waals surface area contributed by atoms with E-state index in [1.165, 1.54) is 0 Å². The smallest absolute Gasteiger partial charge is 0.0537 e. The van der Waals surface area contributed by atoms with Crippen molar-refractivity contribution >= 4 is 11.8 Å². The van der Waals surface area contributed by atoms with Crippen molar-refractivity contribution in [2.75, 3.05) is 5.75 Å². The van der Waals surface area contributed by atoms with E-state index in [1.54, 1.807) is 0 Å². The van der Waals surface area contributed by atoms with Gasteiger partial charge in [-0.2, -0.15) is 16.9 Å². The summed E-state index contributed by atoms with van der Waals surface area (Å²) in [4.78, 5) is 0. The molecule has 4 heteroatoms. The van der Waals surface area contributed by atoms with E-state index < -0.39 is 0 Å². The second kappa shape index (κ2) is 6.18. The largest absolute Gasteiger partial charge is 0.323 e. The number of nitrogens with zero attached hydrogens (tertiary/aromatic N) is 2. The summed E-state index contributed by atoms with van der Waals surface area (Å²) in [6.07, 6.45) is 5.06. The monoisotopic (exact) mass is 227 g/mol. The van der Waals surface area contributed by atoms with Crippen LogP contribution in [-0.2, 0) is 6.54 Å². The standard InChI is InChI=1S/C11H21N3S/c1-4-5-14-7-10(6-13-14)11(12)8-15-9(2)3/h6-7,9,11H,4-5,8,12H2,1-3H3. The van der Waals surface area contributed by atoms with Gasteiger partial charge in [-0.25, -0.2) is 0 Å². The van der Waals surface area contributed by atoms with E-state index in [0.29, 0.717) is 5.25 Å². The Morgan fingerprint density at radius 2 is 2.27 bits per heavy atom. The average molecular weight is 227 g/mol. The minimum Gasteiger partial charge on any atom is -0.323 e. The van der Waals surface area contributed by atoms with Gasteiger partial charge in [0.25, 0.3) is 0 Å². The molecule has 0 spiro atoms. The number of aromatic nitrogens is 2. The Morgan fingerprint density at radius 1 is 1.53 bits per heavy atom. The molecule has 1 aromatic rings. The summed E-state index contributed by atoms with van der Waals surface area (Å²) >= 11 is 1.89. The molecule has 1 atom stereocenters. The third-order valence-corrected chi connectivity index (χ3v) is 3.36. The Balaban J connectivity index is 2.46. The fourth-order valence-electron chi connectivity index (χ4n) is 1.31. The van der Waals surface area contributed by atoms with Gasteiger partial charge in [0, 0.05) is 30.1 Å². The van der Waals surface area contributed by atoms with Crippen LogP contribution in [0.4, 0.5) is 0 Å². The number of hydrogen-bond donors (Lipinski definition) is 1. The third kappa shape index (κ3) is 4.26. The number of rotatable bonds is 6. The Bertz CT molecular complexity index is 283. The zero-order valence-corrected chi connectivity index (χ0v) is 10.6. The molecule has 0 saturated heterocycles. The zero-order valence-electron chi connectivity index (χ0n) is 9.81. The summed E-state index contributed by atoms with van der Waals surface area (Å²) in [7, 11) is 0. The van der Waals surface area contributed by atoms with E-state index in [0.717, 1.165) is 24.3 Å². The summed E-state index contributed by atoms with van der Waals surface area (Å²) < 4.78 is 1.97. The normalized spacial score (nSPS) is 13.4. The molecule has 0 saturated carbocycles. The van der Waals surface area contributed by atoms with Gasteiger partial charge in [-0.3, -0.25) is 4.68 Å². The van der Waals surface area contributed by atoms with Crippen LogP contribution in [0.25, 0.3) is 0 Å². The van der Waals surface area contributed by atoms with Gasteiger partial charge < -0.3 is 5.73 Å². The molecule has 3 nitrogen and oxygen atoms in total. The van der Waals surface area contributed by atoms with Gasteiger partial charge in [-0.1, -0.05) is 20.8 Å². The highest BCUT2D eigenvalue weighted by Gasteiger charge is 2.09. The molecular formula is C11H21N3S. The lowest BCUT2D eigenvalue weighted by atomic mass is 10.2. The van der Waals surface area contributed by atoms with Gasteiger partial charge in [-0.05, 0) is 11.7 Å². The highest BCUT2D eigenvalue weighted by atomic mass is 32.2. The van der Waals surface area contributed by atoms with Crippen LogP contribution in [0.1, 0.15) is 38.8 Å². The number of nitrogens with two attached hydrogens (primary N) is 1. The van der Waals surface area contributed by atoms with Crippen LogP contribution in [0.5, 0.6) is 0 Å². The van der Waals surface area contributed by atoms with Crippen LogP contribution in [0.15, 0.2) is 12.4 Å². The molecule has 0 aromatic carbocycles. The summed E-state index contributed by atoms with van der Waals surface area (Å²) in [5.41, 5.74) is 7.23. The maximum absolute atomic E-state index is 6.08. The second-order valence-corrected chi connectivity index (χ2v) is 5.63. The van der Waals surface area contributed by atoms with Crippen LogP contribution in [0.2, 0.25) is 0 Å². The molecule has 1 rings (SSSR count). The van der Waals surface area contributed by atoms with E-state index in [4.69, 9.17) is 5.73 Å². The maximum atomic E-state index is 6.08. The Labute approximate surface area is 96.4 Å². The van der Waals surface area contributed by atoms with Gasteiger partial charge in [0.1, 0.15) is 0 Å². The number of thioether (sulfide) groups is 1. The fourth-order valence-corrected chi connectivity index (χ4v) is 2.10. The molecule has 1 unspecified atom stereocenters. The van der Waals surface area contributed by atoms with E-state index in [-0.39, 0.29) is 6.04 Å². The minimum atomic E-state index is 0.114. The predicted molar refractivity (Wildman–Crippen MR) is 67.0 cm³/mol. The van der Waals surface area contributed by atoms with Crippen LogP contribution >= 0.6 is 11.8 Å². The highest BCUT2D eigenvalue weighted by molar-refractivity contribution is 7.99. The molecule has 0 radical (unpaired) electrons. The minimum absolute atomic E-state index is 0.114. The van der Waals surface area contributed by atoms with E-state index >= 15 is 0 Å². The van der Waals surface area contributed by atoms with Crippen molar-refractivity contribution in [1.29, 1.82) is 0 Å². The Hall–Kier alpha value is -0.480. The zero-order chi connectivity index (χ0) is 11.3. The van der Waals surface area contributed by atoms with Gasteiger partial charge in [0.05, 0.1) is 6.20 Å². The van der Waals surface area contributed by atoms with Crippen LogP contribution in [0, 0.1) is 0 Å². The summed E-state index contributed by atoms with van der Waals surface area (Å²) in [5.74, 6) is 0.968. The lowest BCUT2D eigenvalue weighted by Gasteiger charge is -2.10. The fraction of sp³-hybridized carbons (Fsp3) is 0.727. The quantitative estimate of drug-likeness (QED) is 0.811. The van der Waals surface area contributed by atoms with Crippen molar-refractivity contribution in [2.24, 2.45) is 5.73 Å². The SMILES string of the molecule is CCCn1cc(C(N)CSC(C)C)cn1. The van der Waals surface area contributed by atoms with Gasteiger partial charge in [0.15, 0.2) is 0 Å². The van der Waals surface area contributed by atoms with Crippen LogP contribution in [0.3, 0.4) is 0 Å². The van der Waals surface area contributed by atoms with E-state index in [1.807, 2.05) is 22.6 Å². The summed E-state index contributed by atoms with van der Waals surface area (Å²) in [5, 5.41) is 4.92. The molecule has 0 aliphatic carbocycles. The molecular weight excluding hydrogens is 206 g/mol. The summed E-state index contributed by atoms with van der Waals surface area (Å²) in [6.45, 7) is 7.51. The first kappa shape index (κ1) is 12.6.